The molecule has 2 N–H and O–H groups in total. The second-order valence-electron chi connectivity index (χ2n) is 5.97. The maximum Gasteiger partial charge on any atom is 0.317 e. The van der Waals surface area contributed by atoms with Crippen LogP contribution < -0.4 is 5.32 Å². The molecule has 22 heavy (non-hydrogen) atoms. The SMILES string of the molecule is CCc1nc(C(C)NC(=O)N2CC(C)CC(C(=O)O)C2)cs1. The first kappa shape index (κ1) is 16.7. The number of aliphatic carboxylic acids is 1. The third-order valence-corrected chi connectivity index (χ3v) is 4.96. The predicted octanol–water partition coefficient (Wildman–Crippen LogP) is 2.52. The van der Waals surface area contributed by atoms with Crippen molar-refractivity contribution in [3.05, 3.63) is 16.1 Å². The number of hydrogen-bond acceptors (Lipinski definition) is 4. The largest absolute Gasteiger partial charge is 0.481 e. The van der Waals surface area contributed by atoms with Gasteiger partial charge in [0.05, 0.1) is 22.7 Å². The molecule has 1 aliphatic heterocycles. The molecule has 2 rings (SSSR count). The molecule has 0 saturated carbocycles. The molecule has 2 heterocycles. The second-order valence-corrected chi connectivity index (χ2v) is 6.91. The Morgan fingerprint density at radius 1 is 1.55 bits per heavy atom. The lowest BCUT2D eigenvalue weighted by Crippen LogP contribution is -2.49. The van der Waals surface area contributed by atoms with Gasteiger partial charge in [0.25, 0.3) is 0 Å². The number of nitrogens with zero attached hydrogens (tertiary/aromatic N) is 2. The minimum absolute atomic E-state index is 0.176. The van der Waals surface area contributed by atoms with Crippen LogP contribution in [0.15, 0.2) is 5.38 Å². The zero-order chi connectivity index (χ0) is 16.3. The van der Waals surface area contributed by atoms with Gasteiger partial charge in [0.2, 0.25) is 0 Å². The van der Waals surface area contributed by atoms with Crippen molar-refractivity contribution in [3.8, 4) is 0 Å². The summed E-state index contributed by atoms with van der Waals surface area (Å²) in [6.07, 6.45) is 1.51. The van der Waals surface area contributed by atoms with Gasteiger partial charge < -0.3 is 15.3 Å². The molecule has 2 amide bonds. The Bertz CT molecular complexity index is 546. The first-order chi connectivity index (χ1) is 10.4. The van der Waals surface area contributed by atoms with E-state index in [4.69, 9.17) is 0 Å². The fourth-order valence-electron chi connectivity index (χ4n) is 2.73. The van der Waals surface area contributed by atoms with Gasteiger partial charge in [0.15, 0.2) is 0 Å². The maximum absolute atomic E-state index is 12.4. The summed E-state index contributed by atoms with van der Waals surface area (Å²) in [6.45, 7) is 6.79. The van der Waals surface area contributed by atoms with Crippen LogP contribution in [0.2, 0.25) is 0 Å². The van der Waals surface area contributed by atoms with E-state index in [2.05, 4.69) is 10.3 Å². The van der Waals surface area contributed by atoms with E-state index in [1.165, 1.54) is 0 Å². The number of urea groups is 1. The third kappa shape index (κ3) is 3.97. The molecule has 0 bridgehead atoms. The van der Waals surface area contributed by atoms with Crippen molar-refractivity contribution >= 4 is 23.3 Å². The number of aromatic nitrogens is 1. The molecule has 0 spiro atoms. The number of likely N-dealkylation sites (tertiary alicyclic amines) is 1. The number of carboxylic acids is 1. The molecule has 1 aromatic rings. The van der Waals surface area contributed by atoms with Crippen molar-refractivity contribution in [1.29, 1.82) is 0 Å². The predicted molar refractivity (Wildman–Crippen MR) is 84.9 cm³/mol. The Morgan fingerprint density at radius 2 is 2.27 bits per heavy atom. The maximum atomic E-state index is 12.4. The van der Waals surface area contributed by atoms with Crippen molar-refractivity contribution in [2.45, 2.75) is 39.7 Å². The zero-order valence-electron chi connectivity index (χ0n) is 13.2. The molecule has 1 aromatic heterocycles. The van der Waals surface area contributed by atoms with Gasteiger partial charge in [-0.25, -0.2) is 9.78 Å². The van der Waals surface area contributed by atoms with E-state index in [9.17, 15) is 14.7 Å². The van der Waals surface area contributed by atoms with Gasteiger partial charge in [0, 0.05) is 18.5 Å². The molecule has 7 heteroatoms. The highest BCUT2D eigenvalue weighted by Crippen LogP contribution is 2.23. The summed E-state index contributed by atoms with van der Waals surface area (Å²) in [6, 6.07) is -0.388. The molecular weight excluding hydrogens is 302 g/mol. The first-order valence-corrected chi connectivity index (χ1v) is 8.51. The Kier molecular flexibility index (Phi) is 5.39. The van der Waals surface area contributed by atoms with E-state index in [0.29, 0.717) is 13.0 Å². The second kappa shape index (κ2) is 7.09. The lowest BCUT2D eigenvalue weighted by atomic mass is 9.91. The number of carbonyl (C=O) groups excluding carboxylic acids is 1. The van der Waals surface area contributed by atoms with Gasteiger partial charge in [-0.05, 0) is 25.7 Å². The molecule has 0 radical (unpaired) electrons. The van der Waals surface area contributed by atoms with Crippen molar-refractivity contribution < 1.29 is 14.7 Å². The molecule has 122 valence electrons. The number of carboxylic acid groups (broad SMARTS) is 1. The summed E-state index contributed by atoms with van der Waals surface area (Å²) in [5.41, 5.74) is 0.857. The fourth-order valence-corrected chi connectivity index (χ4v) is 3.57. The monoisotopic (exact) mass is 325 g/mol. The van der Waals surface area contributed by atoms with Crippen LogP contribution in [0, 0.1) is 11.8 Å². The van der Waals surface area contributed by atoms with Crippen LogP contribution in [0.5, 0.6) is 0 Å². The molecule has 6 nitrogen and oxygen atoms in total. The number of thiazole rings is 1. The van der Waals surface area contributed by atoms with Crippen LogP contribution in [0.4, 0.5) is 4.79 Å². The van der Waals surface area contributed by atoms with Crippen LogP contribution in [-0.2, 0) is 11.2 Å². The number of piperidine rings is 1. The normalized spacial score (nSPS) is 23.1. The average molecular weight is 325 g/mol. The van der Waals surface area contributed by atoms with Gasteiger partial charge >= 0.3 is 12.0 Å². The molecule has 3 unspecified atom stereocenters. The smallest absolute Gasteiger partial charge is 0.317 e. The summed E-state index contributed by atoms with van der Waals surface area (Å²) < 4.78 is 0. The van der Waals surface area contributed by atoms with Crippen molar-refractivity contribution in [1.82, 2.24) is 15.2 Å². The fraction of sp³-hybridized carbons (Fsp3) is 0.667. The van der Waals surface area contributed by atoms with Crippen LogP contribution >= 0.6 is 11.3 Å². The number of carbonyl (C=O) groups is 2. The minimum atomic E-state index is -0.829. The van der Waals surface area contributed by atoms with E-state index in [0.717, 1.165) is 17.1 Å². The van der Waals surface area contributed by atoms with Crippen molar-refractivity contribution in [3.63, 3.8) is 0 Å². The number of hydrogen-bond donors (Lipinski definition) is 2. The van der Waals surface area contributed by atoms with Gasteiger partial charge in [-0.1, -0.05) is 13.8 Å². The van der Waals surface area contributed by atoms with Crippen LogP contribution in [-0.4, -0.2) is 40.1 Å². The summed E-state index contributed by atoms with van der Waals surface area (Å²) in [4.78, 5) is 29.6. The standard InChI is InChI=1S/C15H23N3O3S/c1-4-13-17-12(8-22-13)10(3)16-15(21)18-6-9(2)5-11(7-18)14(19)20/h8-11H,4-7H2,1-3H3,(H,16,21)(H,19,20). The summed E-state index contributed by atoms with van der Waals surface area (Å²) >= 11 is 1.59. The summed E-state index contributed by atoms with van der Waals surface area (Å²) in [5, 5.41) is 15.1. The quantitative estimate of drug-likeness (QED) is 0.891. The Morgan fingerprint density at radius 3 is 2.86 bits per heavy atom. The van der Waals surface area contributed by atoms with Crippen LogP contribution in [0.3, 0.4) is 0 Å². The average Bonchev–Trinajstić information content (AvgIpc) is 2.95. The van der Waals surface area contributed by atoms with E-state index >= 15 is 0 Å². The Hall–Kier alpha value is -1.63. The molecule has 1 aliphatic rings. The molecule has 3 atom stereocenters. The minimum Gasteiger partial charge on any atom is -0.481 e. The van der Waals surface area contributed by atoms with E-state index in [-0.39, 0.29) is 24.5 Å². The lowest BCUT2D eigenvalue weighted by Gasteiger charge is -2.35. The Balaban J connectivity index is 1.97. The summed E-state index contributed by atoms with van der Waals surface area (Å²) in [5.74, 6) is -1.11. The number of amides is 2. The van der Waals surface area contributed by atoms with E-state index in [1.807, 2.05) is 26.2 Å². The van der Waals surface area contributed by atoms with Gasteiger partial charge in [-0.15, -0.1) is 11.3 Å². The third-order valence-electron chi connectivity index (χ3n) is 3.95. The summed E-state index contributed by atoms with van der Waals surface area (Å²) in [7, 11) is 0. The number of nitrogens with one attached hydrogen (secondary N) is 1. The topological polar surface area (TPSA) is 82.5 Å². The van der Waals surface area contributed by atoms with E-state index in [1.54, 1.807) is 16.2 Å². The molecule has 1 fully saturated rings. The van der Waals surface area contributed by atoms with Gasteiger partial charge in [0.1, 0.15) is 0 Å². The zero-order valence-corrected chi connectivity index (χ0v) is 14.0. The van der Waals surface area contributed by atoms with Crippen molar-refractivity contribution in [2.24, 2.45) is 11.8 Å². The van der Waals surface area contributed by atoms with Crippen molar-refractivity contribution in [2.75, 3.05) is 13.1 Å². The highest BCUT2D eigenvalue weighted by molar-refractivity contribution is 7.09. The van der Waals surface area contributed by atoms with Gasteiger partial charge in [-0.3, -0.25) is 4.79 Å². The molecule has 0 aliphatic carbocycles. The van der Waals surface area contributed by atoms with Crippen LogP contribution in [0.1, 0.15) is 43.9 Å². The number of rotatable bonds is 4. The van der Waals surface area contributed by atoms with Gasteiger partial charge in [-0.2, -0.15) is 0 Å². The first-order valence-electron chi connectivity index (χ1n) is 7.63. The van der Waals surface area contributed by atoms with E-state index < -0.39 is 11.9 Å². The highest BCUT2D eigenvalue weighted by atomic mass is 32.1. The highest BCUT2D eigenvalue weighted by Gasteiger charge is 2.32. The van der Waals surface area contributed by atoms with Crippen LogP contribution in [0.25, 0.3) is 0 Å². The lowest BCUT2D eigenvalue weighted by molar-refractivity contribution is -0.143. The number of aryl methyl sites for hydroxylation is 1. The molecule has 0 aromatic carbocycles. The Labute approximate surface area is 134 Å². The molecular formula is C15H23N3O3S. The molecule has 1 saturated heterocycles.